The van der Waals surface area contributed by atoms with Gasteiger partial charge in [0.05, 0.1) is 24.7 Å². The molecule has 0 fully saturated rings. The number of ether oxygens (including phenoxy) is 2. The second-order valence-corrected chi connectivity index (χ2v) is 9.16. The fourth-order valence-corrected chi connectivity index (χ4v) is 3.38. The van der Waals surface area contributed by atoms with Gasteiger partial charge in [0.25, 0.3) is 5.91 Å². The molecule has 0 aliphatic rings. The quantitative estimate of drug-likeness (QED) is 0.650. The molecular formula is C22H30N2O5S. The number of sulfonamides is 1. The summed E-state index contributed by atoms with van der Waals surface area (Å²) < 4.78 is 34.0. The molecule has 0 heterocycles. The zero-order valence-electron chi connectivity index (χ0n) is 18.1. The normalized spacial score (nSPS) is 12.5. The highest BCUT2D eigenvalue weighted by Crippen LogP contribution is 2.30. The van der Waals surface area contributed by atoms with E-state index in [-0.39, 0.29) is 16.8 Å². The Balaban J connectivity index is 2.16. The highest BCUT2D eigenvalue weighted by Gasteiger charge is 2.21. The van der Waals surface area contributed by atoms with Gasteiger partial charge >= 0.3 is 0 Å². The lowest BCUT2D eigenvalue weighted by Gasteiger charge is -2.26. The van der Waals surface area contributed by atoms with Crippen molar-refractivity contribution in [2.24, 2.45) is 11.1 Å². The van der Waals surface area contributed by atoms with Crippen LogP contribution in [-0.2, 0) is 10.0 Å². The van der Waals surface area contributed by atoms with Crippen LogP contribution in [0, 0.1) is 5.92 Å². The molecular weight excluding hydrogens is 404 g/mol. The lowest BCUT2D eigenvalue weighted by molar-refractivity contribution is 0.0742. The summed E-state index contributed by atoms with van der Waals surface area (Å²) in [5, 5.41) is 5.14. The molecule has 2 rings (SSSR count). The van der Waals surface area contributed by atoms with E-state index < -0.39 is 10.0 Å². The van der Waals surface area contributed by atoms with E-state index in [2.05, 4.69) is 13.8 Å². The fraction of sp³-hybridized carbons (Fsp3) is 0.409. The van der Waals surface area contributed by atoms with E-state index >= 15 is 0 Å². The van der Waals surface area contributed by atoms with Crippen LogP contribution in [0.1, 0.15) is 49.2 Å². The van der Waals surface area contributed by atoms with Gasteiger partial charge in [-0.3, -0.25) is 4.79 Å². The third-order valence-corrected chi connectivity index (χ3v) is 5.88. The molecule has 8 heteroatoms. The van der Waals surface area contributed by atoms with Gasteiger partial charge in [-0.15, -0.1) is 0 Å². The zero-order valence-corrected chi connectivity index (χ0v) is 18.9. The van der Waals surface area contributed by atoms with E-state index in [1.54, 1.807) is 42.3 Å². The first kappa shape index (κ1) is 23.7. The lowest BCUT2D eigenvalue weighted by Crippen LogP contribution is -2.29. The number of carbonyl (C=O) groups excluding carboxylic acids is 1. The Labute approximate surface area is 178 Å². The number of rotatable bonds is 9. The SMILES string of the molecule is COc1cc(C(=O)N(C)C(C)c2ccc(S(N)(=O)=O)cc2)ccc1OCCC(C)C. The predicted octanol–water partition coefficient (Wildman–Crippen LogP) is 3.60. The number of nitrogens with two attached hydrogens (primary N) is 1. The summed E-state index contributed by atoms with van der Waals surface area (Å²) in [5.74, 6) is 1.45. The molecule has 0 saturated heterocycles. The van der Waals surface area contributed by atoms with Crippen molar-refractivity contribution < 1.29 is 22.7 Å². The second-order valence-electron chi connectivity index (χ2n) is 7.60. The average Bonchev–Trinajstić information content (AvgIpc) is 2.71. The minimum absolute atomic E-state index is 0.0326. The third-order valence-electron chi connectivity index (χ3n) is 4.96. The molecule has 1 atom stereocenters. The van der Waals surface area contributed by atoms with Crippen molar-refractivity contribution in [2.45, 2.75) is 38.1 Å². The number of primary sulfonamides is 1. The van der Waals surface area contributed by atoms with Crippen molar-refractivity contribution in [2.75, 3.05) is 20.8 Å². The first-order valence-corrected chi connectivity index (χ1v) is 11.3. The molecule has 2 aromatic rings. The van der Waals surface area contributed by atoms with Crippen LogP contribution in [0.3, 0.4) is 0 Å². The number of benzene rings is 2. The molecule has 1 amide bonds. The predicted molar refractivity (Wildman–Crippen MR) is 116 cm³/mol. The summed E-state index contributed by atoms with van der Waals surface area (Å²) in [7, 11) is -0.520. The number of methoxy groups -OCH3 is 1. The Morgan fingerprint density at radius 3 is 2.23 bits per heavy atom. The first-order chi connectivity index (χ1) is 14.0. The van der Waals surface area contributed by atoms with Gasteiger partial charge in [0.1, 0.15) is 0 Å². The molecule has 2 N–H and O–H groups in total. The molecule has 1 unspecified atom stereocenters. The average molecular weight is 435 g/mol. The van der Waals surface area contributed by atoms with E-state index in [9.17, 15) is 13.2 Å². The van der Waals surface area contributed by atoms with Gasteiger partial charge in [0, 0.05) is 12.6 Å². The van der Waals surface area contributed by atoms with Crippen LogP contribution < -0.4 is 14.6 Å². The van der Waals surface area contributed by atoms with Crippen LogP contribution in [0.15, 0.2) is 47.4 Å². The summed E-state index contributed by atoms with van der Waals surface area (Å²) >= 11 is 0. The Kier molecular flexibility index (Phi) is 7.86. The highest BCUT2D eigenvalue weighted by atomic mass is 32.2. The summed E-state index contributed by atoms with van der Waals surface area (Å²) in [4.78, 5) is 14.6. The summed E-state index contributed by atoms with van der Waals surface area (Å²) in [6.07, 6.45) is 0.925. The Morgan fingerprint density at radius 2 is 1.70 bits per heavy atom. The van der Waals surface area contributed by atoms with Gasteiger partial charge in [0.15, 0.2) is 11.5 Å². The number of hydrogen-bond acceptors (Lipinski definition) is 5. The molecule has 0 radical (unpaired) electrons. The highest BCUT2D eigenvalue weighted by molar-refractivity contribution is 7.89. The van der Waals surface area contributed by atoms with Crippen molar-refractivity contribution in [3.63, 3.8) is 0 Å². The largest absolute Gasteiger partial charge is 0.493 e. The van der Waals surface area contributed by atoms with Crippen LogP contribution >= 0.6 is 0 Å². The molecule has 7 nitrogen and oxygen atoms in total. The second kappa shape index (κ2) is 9.95. The molecule has 164 valence electrons. The molecule has 0 aromatic heterocycles. The summed E-state index contributed by atoms with van der Waals surface area (Å²) in [6, 6.07) is 11.0. The van der Waals surface area contributed by atoms with Crippen molar-refractivity contribution in [3.8, 4) is 11.5 Å². The van der Waals surface area contributed by atoms with Crippen LogP contribution in [0.25, 0.3) is 0 Å². The Bertz CT molecular complexity index is 972. The van der Waals surface area contributed by atoms with E-state index in [4.69, 9.17) is 14.6 Å². The van der Waals surface area contributed by atoms with Crippen molar-refractivity contribution in [1.82, 2.24) is 4.90 Å². The van der Waals surface area contributed by atoms with Crippen molar-refractivity contribution >= 4 is 15.9 Å². The maximum absolute atomic E-state index is 13.0. The van der Waals surface area contributed by atoms with Crippen molar-refractivity contribution in [1.29, 1.82) is 0 Å². The lowest BCUT2D eigenvalue weighted by atomic mass is 10.1. The van der Waals surface area contributed by atoms with E-state index in [0.717, 1.165) is 12.0 Å². The Hall–Kier alpha value is -2.58. The molecule has 0 bridgehead atoms. The standard InChI is InChI=1S/C22H30N2O5S/c1-15(2)12-13-29-20-11-8-18(14-21(20)28-5)22(25)24(4)16(3)17-6-9-19(10-7-17)30(23,26)27/h6-11,14-16H,12-13H2,1-5H3,(H2,23,26,27). The van der Waals surface area contributed by atoms with Gasteiger partial charge in [-0.1, -0.05) is 26.0 Å². The molecule has 2 aromatic carbocycles. The summed E-state index contributed by atoms with van der Waals surface area (Å²) in [6.45, 7) is 6.70. The minimum atomic E-state index is -3.75. The van der Waals surface area contributed by atoms with Crippen LogP contribution in [0.2, 0.25) is 0 Å². The maximum atomic E-state index is 13.0. The summed E-state index contributed by atoms with van der Waals surface area (Å²) in [5.41, 5.74) is 1.26. The minimum Gasteiger partial charge on any atom is -0.493 e. The van der Waals surface area contributed by atoms with Gasteiger partial charge < -0.3 is 14.4 Å². The van der Waals surface area contributed by atoms with Gasteiger partial charge in [-0.2, -0.15) is 0 Å². The molecule has 0 aliphatic heterocycles. The van der Waals surface area contributed by atoms with Crippen molar-refractivity contribution in [3.05, 3.63) is 53.6 Å². The van der Waals surface area contributed by atoms with Gasteiger partial charge in [-0.05, 0) is 55.2 Å². The fourth-order valence-electron chi connectivity index (χ4n) is 2.86. The molecule has 0 saturated carbocycles. The number of hydrogen-bond donors (Lipinski definition) is 1. The van der Waals surface area contributed by atoms with Crippen LogP contribution in [0.4, 0.5) is 0 Å². The Morgan fingerprint density at radius 1 is 1.07 bits per heavy atom. The van der Waals surface area contributed by atoms with E-state index in [0.29, 0.717) is 29.6 Å². The molecule has 30 heavy (non-hydrogen) atoms. The molecule has 0 aliphatic carbocycles. The van der Waals surface area contributed by atoms with Gasteiger partial charge in [-0.25, -0.2) is 13.6 Å². The smallest absolute Gasteiger partial charge is 0.254 e. The number of nitrogens with zero attached hydrogens (tertiary/aromatic N) is 1. The van der Waals surface area contributed by atoms with Crippen LogP contribution in [-0.4, -0.2) is 40.0 Å². The third kappa shape index (κ3) is 5.96. The number of amides is 1. The van der Waals surface area contributed by atoms with E-state index in [1.165, 1.54) is 19.2 Å². The first-order valence-electron chi connectivity index (χ1n) is 9.75. The van der Waals surface area contributed by atoms with E-state index in [1.807, 2.05) is 6.92 Å². The maximum Gasteiger partial charge on any atom is 0.254 e. The number of carbonyl (C=O) groups is 1. The van der Waals surface area contributed by atoms with Crippen LogP contribution in [0.5, 0.6) is 11.5 Å². The molecule has 0 spiro atoms. The monoisotopic (exact) mass is 434 g/mol. The topological polar surface area (TPSA) is 98.9 Å². The zero-order chi connectivity index (χ0) is 22.5. The van der Waals surface area contributed by atoms with Gasteiger partial charge in [0.2, 0.25) is 10.0 Å².